The van der Waals surface area contributed by atoms with E-state index >= 15 is 0 Å². The Labute approximate surface area is 108 Å². The molecule has 0 aromatic rings. The van der Waals surface area contributed by atoms with Gasteiger partial charge in [0, 0.05) is 31.5 Å². The minimum atomic E-state index is -0.276. The Morgan fingerprint density at radius 3 is 2.69 bits per heavy atom. The molecule has 0 saturated heterocycles. The summed E-state index contributed by atoms with van der Waals surface area (Å²) < 4.78 is 4.78. The number of hydrogen-bond donors (Lipinski definition) is 0. The summed E-state index contributed by atoms with van der Waals surface area (Å²) >= 11 is 0. The summed E-state index contributed by atoms with van der Waals surface area (Å²) in [6, 6.07) is 0. The normalized spacial score (nSPS) is 12.2. The van der Waals surface area contributed by atoms with Gasteiger partial charge in [0.25, 0.3) is 0 Å². The molecule has 0 heterocycles. The fraction of sp³-hybridized carbons (Fsp3) is 0.222. The van der Waals surface area contributed by atoms with Crippen molar-refractivity contribution < 1.29 is 53.0 Å². The first-order chi connectivity index (χ1) is 5.34. The van der Waals surface area contributed by atoms with Gasteiger partial charge in [-0.15, -0.1) is 5.73 Å². The molecule has 0 bridgehead atoms. The van der Waals surface area contributed by atoms with Crippen molar-refractivity contribution in [2.75, 3.05) is 6.61 Å². The average Bonchev–Trinajstić information content (AvgIpc) is 2.07. The maximum absolute atomic E-state index is 11.0. The predicted octanol–water partition coefficient (Wildman–Crippen LogP) is -1.59. The summed E-state index contributed by atoms with van der Waals surface area (Å²) in [5.41, 5.74) is 3.40. The van der Waals surface area contributed by atoms with E-state index in [1.54, 1.807) is 31.6 Å². The Hall–Kier alpha value is 0.0834. The van der Waals surface area contributed by atoms with Gasteiger partial charge < -0.3 is 28.7 Å². The van der Waals surface area contributed by atoms with E-state index in [1.807, 2.05) is 0 Å². The number of carbonyl (C=O) groups excluding carboxylic acids is 1. The van der Waals surface area contributed by atoms with Crippen molar-refractivity contribution in [3.8, 4) is 0 Å². The molecule has 0 aliphatic heterocycles. The summed E-state index contributed by atoms with van der Waals surface area (Å²) in [5, 5.41) is 0. The molecule has 0 atom stereocenters. The third-order valence-corrected chi connectivity index (χ3v) is 1.23. The number of ether oxygens (including phenoxy) is 1. The molecule has 0 aromatic carbocycles. The van der Waals surface area contributed by atoms with Crippen LogP contribution in [-0.2, 0) is 29.0 Å². The van der Waals surface area contributed by atoms with E-state index in [4.69, 9.17) is 4.74 Å². The second-order valence-electron chi connectivity index (χ2n) is 2.01. The van der Waals surface area contributed by atoms with Gasteiger partial charge in [-0.25, -0.2) is 4.79 Å². The maximum atomic E-state index is 11.0. The zero-order valence-electron chi connectivity index (χ0n) is 7.42. The molecule has 0 N–H and O–H groups in total. The number of rotatable bonds is 2. The topological polar surface area (TPSA) is 26.3 Å². The van der Waals surface area contributed by atoms with Crippen molar-refractivity contribution in [3.63, 3.8) is 0 Å². The molecule has 0 saturated carbocycles. The van der Waals surface area contributed by atoms with Crippen LogP contribution in [0.4, 0.5) is 0 Å². The van der Waals surface area contributed by atoms with Crippen LogP contribution in [0.1, 0.15) is 6.92 Å². The molecule has 2 nitrogen and oxygen atoms in total. The fourth-order valence-corrected chi connectivity index (χ4v) is 0.737. The van der Waals surface area contributed by atoms with Gasteiger partial charge in [-0.05, 0) is 25.2 Å². The molecule has 0 fully saturated rings. The first-order valence-electron chi connectivity index (χ1n) is 3.48. The summed E-state index contributed by atoms with van der Waals surface area (Å²) in [4.78, 5) is 11.0. The van der Waals surface area contributed by atoms with E-state index in [0.717, 1.165) is 0 Å². The van der Waals surface area contributed by atoms with Gasteiger partial charge in [-0.1, -0.05) is 0 Å². The second kappa shape index (κ2) is 8.67. The van der Waals surface area contributed by atoms with Gasteiger partial charge in [0.15, 0.2) is 0 Å². The van der Waals surface area contributed by atoms with E-state index in [2.05, 4.69) is 5.73 Å². The van der Waals surface area contributed by atoms with Crippen LogP contribution in [0.2, 0.25) is 0 Å². The summed E-state index contributed by atoms with van der Waals surface area (Å²) in [6.45, 7) is 2.20. The fourth-order valence-electron chi connectivity index (χ4n) is 0.737. The Morgan fingerprint density at radius 2 is 2.23 bits per heavy atom. The summed E-state index contributed by atoms with van der Waals surface area (Å²) in [5.74, 6) is -0.276. The molecule has 67 valence electrons. The SMILES string of the molecule is CCOC(=O)C1=CC=C=C[CH]1.[I-].[Zn]. The van der Waals surface area contributed by atoms with Crippen LogP contribution in [-0.4, -0.2) is 12.6 Å². The van der Waals surface area contributed by atoms with Crippen molar-refractivity contribution in [2.24, 2.45) is 0 Å². The first kappa shape index (κ1) is 15.6. The van der Waals surface area contributed by atoms with Crippen molar-refractivity contribution in [3.05, 3.63) is 36.0 Å². The second-order valence-corrected chi connectivity index (χ2v) is 2.01. The summed E-state index contributed by atoms with van der Waals surface area (Å²) in [7, 11) is 0. The van der Waals surface area contributed by atoms with Gasteiger partial charge >= 0.3 is 5.97 Å². The predicted molar refractivity (Wildman–Crippen MR) is 41.7 cm³/mol. The Kier molecular flexibility index (Phi) is 10.4. The molecule has 1 radical (unpaired) electrons. The van der Waals surface area contributed by atoms with Crippen molar-refractivity contribution in [2.45, 2.75) is 6.92 Å². The van der Waals surface area contributed by atoms with Crippen molar-refractivity contribution in [1.29, 1.82) is 0 Å². The van der Waals surface area contributed by atoms with Gasteiger partial charge in [0.2, 0.25) is 0 Å². The third-order valence-electron chi connectivity index (χ3n) is 1.23. The van der Waals surface area contributed by atoms with Crippen molar-refractivity contribution in [1.82, 2.24) is 0 Å². The van der Waals surface area contributed by atoms with E-state index < -0.39 is 0 Å². The van der Waals surface area contributed by atoms with Crippen LogP contribution in [0.25, 0.3) is 0 Å². The summed E-state index contributed by atoms with van der Waals surface area (Å²) in [6.07, 6.45) is 6.73. The Balaban J connectivity index is 0. The molecule has 1 aliphatic rings. The zero-order chi connectivity index (χ0) is 8.10. The van der Waals surface area contributed by atoms with E-state index in [0.29, 0.717) is 12.2 Å². The van der Waals surface area contributed by atoms with Crippen LogP contribution >= 0.6 is 0 Å². The van der Waals surface area contributed by atoms with E-state index in [-0.39, 0.29) is 49.4 Å². The number of hydrogen-bond acceptors (Lipinski definition) is 2. The van der Waals surface area contributed by atoms with Crippen molar-refractivity contribution >= 4 is 5.97 Å². The molecular formula is C9H9IO2Zn-. The number of halogens is 1. The minimum absolute atomic E-state index is 0. The molecule has 0 unspecified atom stereocenters. The number of allylic oxidation sites excluding steroid dienone is 2. The van der Waals surface area contributed by atoms with Gasteiger partial charge in [0.1, 0.15) is 0 Å². The number of esters is 1. The zero-order valence-corrected chi connectivity index (χ0v) is 12.5. The van der Waals surface area contributed by atoms with Gasteiger partial charge in [0.05, 0.1) is 6.61 Å². The largest absolute Gasteiger partial charge is 1.00 e. The molecule has 13 heavy (non-hydrogen) atoms. The van der Waals surface area contributed by atoms with E-state index in [1.165, 1.54) is 0 Å². The molecule has 1 rings (SSSR count). The smallest absolute Gasteiger partial charge is 0.334 e. The standard InChI is InChI=1S/C9H9O2.HI.Zn/c1-2-11-9(10)8-6-4-3-5-7-8;;/h4-7H,2H2,1H3;1H;/p-1. The van der Waals surface area contributed by atoms with Crippen LogP contribution in [0, 0.1) is 6.42 Å². The minimum Gasteiger partial charge on any atom is -1.00 e. The molecule has 4 heteroatoms. The van der Waals surface area contributed by atoms with Crippen LogP contribution < -0.4 is 24.0 Å². The molecule has 0 amide bonds. The van der Waals surface area contributed by atoms with Crippen LogP contribution in [0.15, 0.2) is 29.5 Å². The van der Waals surface area contributed by atoms with Crippen LogP contribution in [0.3, 0.4) is 0 Å². The maximum Gasteiger partial charge on any atom is 0.334 e. The molecular weight excluding hydrogens is 332 g/mol. The van der Waals surface area contributed by atoms with Gasteiger partial charge in [-0.2, -0.15) is 0 Å². The Bertz CT molecular complexity index is 252. The Morgan fingerprint density at radius 1 is 1.54 bits per heavy atom. The molecule has 0 aromatic heterocycles. The first-order valence-corrected chi connectivity index (χ1v) is 3.48. The average molecular weight is 341 g/mol. The monoisotopic (exact) mass is 340 g/mol. The van der Waals surface area contributed by atoms with Crippen LogP contribution in [0.5, 0.6) is 0 Å². The number of carbonyl (C=O) groups is 1. The molecule has 0 spiro atoms. The molecule has 1 aliphatic carbocycles. The van der Waals surface area contributed by atoms with Gasteiger partial charge in [-0.3, -0.25) is 0 Å². The third kappa shape index (κ3) is 5.40. The quantitative estimate of drug-likeness (QED) is 0.262. The van der Waals surface area contributed by atoms with E-state index in [9.17, 15) is 4.79 Å².